The smallest absolute Gasteiger partial charge is 0.274 e. The van der Waals surface area contributed by atoms with E-state index in [1.807, 2.05) is 31.2 Å². The molecule has 3 aromatic rings. The second-order valence-corrected chi connectivity index (χ2v) is 9.56. The van der Waals surface area contributed by atoms with Crippen molar-refractivity contribution in [2.24, 2.45) is 5.92 Å². The minimum Gasteiger partial charge on any atom is -0.494 e. The fraction of sp³-hybridized carbons (Fsp3) is 0.500. The first-order chi connectivity index (χ1) is 16.6. The summed E-state index contributed by atoms with van der Waals surface area (Å²) in [5.74, 6) is 1.13. The Morgan fingerprint density at radius 1 is 1.18 bits per heavy atom. The van der Waals surface area contributed by atoms with E-state index in [0.29, 0.717) is 23.2 Å². The molecule has 0 radical (unpaired) electrons. The molecule has 1 aromatic carbocycles. The third kappa shape index (κ3) is 5.08. The molecule has 1 amide bonds. The molecule has 0 bridgehead atoms. The maximum Gasteiger partial charge on any atom is 0.274 e. The number of pyridine rings is 1. The predicted molar refractivity (Wildman–Crippen MR) is 134 cm³/mol. The van der Waals surface area contributed by atoms with E-state index in [1.165, 1.54) is 32.5 Å². The Morgan fingerprint density at radius 2 is 1.97 bits per heavy atom. The molecule has 1 aliphatic heterocycles. The van der Waals surface area contributed by atoms with Crippen molar-refractivity contribution in [1.29, 1.82) is 0 Å². The summed E-state index contributed by atoms with van der Waals surface area (Å²) >= 11 is 0. The van der Waals surface area contributed by atoms with Gasteiger partial charge in [-0.05, 0) is 56.7 Å². The first kappa shape index (κ1) is 22.8. The second kappa shape index (κ2) is 10.1. The summed E-state index contributed by atoms with van der Waals surface area (Å²) in [6.45, 7) is 7.67. The molecule has 0 spiro atoms. The number of aromatic nitrogens is 3. The van der Waals surface area contributed by atoms with Crippen molar-refractivity contribution >= 4 is 22.5 Å². The largest absolute Gasteiger partial charge is 0.494 e. The highest BCUT2D eigenvalue weighted by atomic mass is 16.5. The van der Waals surface area contributed by atoms with Gasteiger partial charge in [-0.2, -0.15) is 5.10 Å². The van der Waals surface area contributed by atoms with Crippen LogP contribution < -0.4 is 15.4 Å². The molecule has 2 aromatic heterocycles. The molecule has 0 atom stereocenters. The maximum atomic E-state index is 12.7. The van der Waals surface area contributed by atoms with Crippen molar-refractivity contribution in [3.63, 3.8) is 0 Å². The van der Waals surface area contributed by atoms with Crippen LogP contribution in [0.4, 0.5) is 5.69 Å². The minimum absolute atomic E-state index is 0.253. The highest BCUT2D eigenvalue weighted by molar-refractivity contribution is 6.05. The summed E-state index contributed by atoms with van der Waals surface area (Å²) in [5, 5.41) is 12.3. The molecular weight excluding hydrogens is 428 g/mol. The van der Waals surface area contributed by atoms with Crippen LogP contribution in [0, 0.1) is 12.8 Å². The standard InChI is InChI=1S/C26H34N6O2/c1-18-4-3-5-22(28-18)26(33)29-24-14-20-17-32(30-23(20)15-25(24)34-2)21-8-6-19(7-9-21)16-31-12-10-27-11-13-31/h3-5,14-15,17,19,21,27H,6-13,16H2,1-2H3,(H,29,33)/t19-,21-. The number of hydrogen-bond donors (Lipinski definition) is 2. The fourth-order valence-electron chi connectivity index (χ4n) is 5.23. The van der Waals surface area contributed by atoms with E-state index in [1.54, 1.807) is 13.2 Å². The number of nitrogens with zero attached hydrogens (tertiary/aromatic N) is 4. The van der Waals surface area contributed by atoms with Crippen molar-refractivity contribution in [2.45, 2.75) is 38.6 Å². The number of nitrogens with one attached hydrogen (secondary N) is 2. The first-order valence-electron chi connectivity index (χ1n) is 12.3. The molecule has 34 heavy (non-hydrogen) atoms. The second-order valence-electron chi connectivity index (χ2n) is 9.56. The summed E-state index contributed by atoms with van der Waals surface area (Å²) < 4.78 is 7.69. The zero-order chi connectivity index (χ0) is 23.5. The van der Waals surface area contributed by atoms with E-state index < -0.39 is 0 Å². The zero-order valence-corrected chi connectivity index (χ0v) is 20.1. The topological polar surface area (TPSA) is 84.3 Å². The maximum absolute atomic E-state index is 12.7. The molecule has 2 aliphatic rings. The van der Waals surface area contributed by atoms with Crippen LogP contribution >= 0.6 is 0 Å². The lowest BCUT2D eigenvalue weighted by Gasteiger charge is -2.34. The Labute approximate surface area is 200 Å². The average molecular weight is 463 g/mol. The van der Waals surface area contributed by atoms with Gasteiger partial charge in [-0.15, -0.1) is 0 Å². The average Bonchev–Trinajstić information content (AvgIpc) is 3.27. The van der Waals surface area contributed by atoms with Gasteiger partial charge in [-0.3, -0.25) is 9.48 Å². The van der Waals surface area contributed by atoms with Gasteiger partial charge < -0.3 is 20.3 Å². The fourth-order valence-corrected chi connectivity index (χ4v) is 5.23. The summed E-state index contributed by atoms with van der Waals surface area (Å²) in [6.07, 6.45) is 6.92. The lowest BCUT2D eigenvalue weighted by Crippen LogP contribution is -2.45. The van der Waals surface area contributed by atoms with Crippen molar-refractivity contribution in [1.82, 2.24) is 25.0 Å². The lowest BCUT2D eigenvalue weighted by molar-refractivity contribution is 0.102. The molecule has 2 fully saturated rings. The van der Waals surface area contributed by atoms with Crippen LogP contribution in [-0.4, -0.2) is 65.4 Å². The number of piperazine rings is 1. The number of aryl methyl sites for hydroxylation is 1. The van der Waals surface area contributed by atoms with Crippen LogP contribution in [0.15, 0.2) is 36.5 Å². The van der Waals surface area contributed by atoms with Crippen LogP contribution in [-0.2, 0) is 0 Å². The van der Waals surface area contributed by atoms with E-state index in [2.05, 4.69) is 31.4 Å². The van der Waals surface area contributed by atoms with Gasteiger partial charge in [0, 0.05) is 56.1 Å². The number of carbonyl (C=O) groups is 1. The Hall–Kier alpha value is -2.97. The summed E-state index contributed by atoms with van der Waals surface area (Å²) in [6, 6.07) is 9.69. The highest BCUT2D eigenvalue weighted by Crippen LogP contribution is 2.35. The van der Waals surface area contributed by atoms with Gasteiger partial charge in [0.25, 0.3) is 5.91 Å². The molecule has 1 saturated carbocycles. The van der Waals surface area contributed by atoms with Crippen molar-refractivity contribution in [2.75, 3.05) is 45.2 Å². The van der Waals surface area contributed by atoms with Gasteiger partial charge in [0.1, 0.15) is 11.4 Å². The Balaban J connectivity index is 1.27. The van der Waals surface area contributed by atoms with Crippen molar-refractivity contribution in [3.05, 3.63) is 47.9 Å². The molecule has 180 valence electrons. The SMILES string of the molecule is COc1cc2nn([C@H]3CC[C@H](CN4CCNCC4)CC3)cc2cc1NC(=O)c1cccc(C)n1. The third-order valence-electron chi connectivity index (χ3n) is 7.13. The zero-order valence-electron chi connectivity index (χ0n) is 20.1. The molecule has 1 aliphatic carbocycles. The normalized spacial score (nSPS) is 21.5. The molecule has 3 heterocycles. The van der Waals surface area contributed by atoms with E-state index >= 15 is 0 Å². The Kier molecular flexibility index (Phi) is 6.78. The van der Waals surface area contributed by atoms with Crippen molar-refractivity contribution < 1.29 is 9.53 Å². The molecule has 5 rings (SSSR count). The molecule has 8 nitrogen and oxygen atoms in total. The van der Waals surface area contributed by atoms with Gasteiger partial charge in [0.2, 0.25) is 0 Å². The molecule has 8 heteroatoms. The van der Waals surface area contributed by atoms with E-state index in [4.69, 9.17) is 9.84 Å². The van der Waals surface area contributed by atoms with Crippen LogP contribution in [0.2, 0.25) is 0 Å². The van der Waals surface area contributed by atoms with E-state index in [0.717, 1.165) is 48.4 Å². The number of fused-ring (bicyclic) bond motifs is 1. The number of rotatable bonds is 6. The quantitative estimate of drug-likeness (QED) is 0.582. The number of ether oxygens (including phenoxy) is 1. The Morgan fingerprint density at radius 3 is 2.71 bits per heavy atom. The van der Waals surface area contributed by atoms with Gasteiger partial charge in [-0.1, -0.05) is 6.07 Å². The number of carbonyl (C=O) groups excluding carboxylic acids is 1. The highest BCUT2D eigenvalue weighted by Gasteiger charge is 2.25. The molecule has 2 N–H and O–H groups in total. The number of methoxy groups -OCH3 is 1. The monoisotopic (exact) mass is 462 g/mol. The van der Waals surface area contributed by atoms with Gasteiger partial charge >= 0.3 is 0 Å². The third-order valence-corrected chi connectivity index (χ3v) is 7.13. The molecular formula is C26H34N6O2. The van der Waals surface area contributed by atoms with Crippen LogP contribution in [0.25, 0.3) is 10.9 Å². The summed E-state index contributed by atoms with van der Waals surface area (Å²) in [4.78, 5) is 19.7. The summed E-state index contributed by atoms with van der Waals surface area (Å²) in [7, 11) is 1.61. The molecule has 1 saturated heterocycles. The van der Waals surface area contributed by atoms with Gasteiger partial charge in [0.05, 0.1) is 24.4 Å². The Bertz CT molecular complexity index is 1150. The predicted octanol–water partition coefficient (Wildman–Crippen LogP) is 3.64. The van der Waals surface area contributed by atoms with E-state index in [9.17, 15) is 4.79 Å². The minimum atomic E-state index is -0.253. The number of hydrogen-bond acceptors (Lipinski definition) is 6. The number of anilines is 1. The number of benzene rings is 1. The first-order valence-corrected chi connectivity index (χ1v) is 12.3. The van der Waals surface area contributed by atoms with E-state index in [-0.39, 0.29) is 5.91 Å². The van der Waals surface area contributed by atoms with Crippen molar-refractivity contribution in [3.8, 4) is 5.75 Å². The van der Waals surface area contributed by atoms with Crippen LogP contribution in [0.3, 0.4) is 0 Å². The molecule has 0 unspecified atom stereocenters. The van der Waals surface area contributed by atoms with Gasteiger partial charge in [-0.25, -0.2) is 4.98 Å². The lowest BCUT2D eigenvalue weighted by atomic mass is 9.85. The number of amides is 1. The van der Waals surface area contributed by atoms with Gasteiger partial charge in [0.15, 0.2) is 0 Å². The summed E-state index contributed by atoms with van der Waals surface area (Å²) in [5.41, 5.74) is 2.70. The van der Waals surface area contributed by atoms with Crippen LogP contribution in [0.5, 0.6) is 5.75 Å². The van der Waals surface area contributed by atoms with Crippen LogP contribution in [0.1, 0.15) is 47.9 Å².